The Morgan fingerprint density at radius 1 is 1.37 bits per heavy atom. The molecular formula is C14H14FN3O. The first-order valence-corrected chi connectivity index (χ1v) is 6.17. The number of halogens is 1. The van der Waals surface area contributed by atoms with Crippen LogP contribution in [0.4, 0.5) is 4.39 Å². The third-order valence-electron chi connectivity index (χ3n) is 3.31. The molecule has 0 amide bonds. The Labute approximate surface area is 110 Å². The lowest BCUT2D eigenvalue weighted by Gasteiger charge is -2.02. The van der Waals surface area contributed by atoms with Crippen LogP contribution in [0, 0.1) is 12.7 Å². The van der Waals surface area contributed by atoms with E-state index in [9.17, 15) is 4.39 Å². The van der Waals surface area contributed by atoms with E-state index in [0.717, 1.165) is 6.42 Å². The molecule has 0 radical (unpaired) electrons. The van der Waals surface area contributed by atoms with Gasteiger partial charge in [-0.3, -0.25) is 0 Å². The molecule has 4 nitrogen and oxygen atoms in total. The largest absolute Gasteiger partial charge is 0.338 e. The highest BCUT2D eigenvalue weighted by Crippen LogP contribution is 2.28. The SMILES string of the molecule is Cc1ccc(-c2noc(C3C=CC(N)C3)n2)cc1F. The first kappa shape index (κ1) is 12.0. The van der Waals surface area contributed by atoms with Crippen LogP contribution >= 0.6 is 0 Å². The van der Waals surface area contributed by atoms with Crippen molar-refractivity contribution in [3.8, 4) is 11.4 Å². The van der Waals surface area contributed by atoms with Crippen molar-refractivity contribution in [2.45, 2.75) is 25.3 Å². The second kappa shape index (κ2) is 4.59. The maximum absolute atomic E-state index is 13.5. The van der Waals surface area contributed by atoms with Gasteiger partial charge >= 0.3 is 0 Å². The van der Waals surface area contributed by atoms with E-state index >= 15 is 0 Å². The van der Waals surface area contributed by atoms with Gasteiger partial charge in [-0.05, 0) is 25.0 Å². The van der Waals surface area contributed by atoms with E-state index < -0.39 is 0 Å². The van der Waals surface area contributed by atoms with Crippen LogP contribution in [0.2, 0.25) is 0 Å². The van der Waals surface area contributed by atoms with Gasteiger partial charge < -0.3 is 10.3 Å². The Kier molecular flexibility index (Phi) is 2.91. The Balaban J connectivity index is 1.88. The fourth-order valence-corrected chi connectivity index (χ4v) is 2.15. The van der Waals surface area contributed by atoms with Crippen molar-refractivity contribution in [1.29, 1.82) is 0 Å². The van der Waals surface area contributed by atoms with Crippen LogP contribution in [0.15, 0.2) is 34.9 Å². The highest BCUT2D eigenvalue weighted by molar-refractivity contribution is 5.55. The van der Waals surface area contributed by atoms with Gasteiger partial charge in [-0.1, -0.05) is 29.4 Å². The normalized spacial score (nSPS) is 22.1. The van der Waals surface area contributed by atoms with Crippen molar-refractivity contribution in [2.75, 3.05) is 0 Å². The molecule has 2 atom stereocenters. The summed E-state index contributed by atoms with van der Waals surface area (Å²) in [7, 11) is 0. The summed E-state index contributed by atoms with van der Waals surface area (Å²) in [6, 6.07) is 4.94. The number of hydrogen-bond donors (Lipinski definition) is 1. The van der Waals surface area contributed by atoms with Crippen LogP contribution in [-0.2, 0) is 0 Å². The molecule has 0 saturated carbocycles. The summed E-state index contributed by atoms with van der Waals surface area (Å²) in [5, 5.41) is 3.90. The number of aromatic nitrogens is 2. The average molecular weight is 259 g/mol. The van der Waals surface area contributed by atoms with Gasteiger partial charge in [0.05, 0.1) is 5.92 Å². The number of benzene rings is 1. The fourth-order valence-electron chi connectivity index (χ4n) is 2.15. The van der Waals surface area contributed by atoms with E-state index in [-0.39, 0.29) is 17.8 Å². The lowest BCUT2D eigenvalue weighted by Crippen LogP contribution is -2.14. The quantitative estimate of drug-likeness (QED) is 0.842. The summed E-state index contributed by atoms with van der Waals surface area (Å²) in [6.07, 6.45) is 4.67. The van der Waals surface area contributed by atoms with Gasteiger partial charge in [0, 0.05) is 11.6 Å². The van der Waals surface area contributed by atoms with E-state index in [1.165, 1.54) is 6.07 Å². The molecule has 0 spiro atoms. The van der Waals surface area contributed by atoms with Crippen LogP contribution in [0.25, 0.3) is 11.4 Å². The Morgan fingerprint density at radius 3 is 2.89 bits per heavy atom. The third-order valence-corrected chi connectivity index (χ3v) is 3.31. The number of aryl methyl sites for hydroxylation is 1. The maximum atomic E-state index is 13.5. The van der Waals surface area contributed by atoms with Crippen molar-refractivity contribution in [3.05, 3.63) is 47.6 Å². The molecule has 2 aromatic rings. The first-order chi connectivity index (χ1) is 9.13. The molecule has 2 N–H and O–H groups in total. The van der Waals surface area contributed by atoms with Gasteiger partial charge in [0.25, 0.3) is 0 Å². The molecule has 98 valence electrons. The first-order valence-electron chi connectivity index (χ1n) is 6.17. The summed E-state index contributed by atoms with van der Waals surface area (Å²) < 4.78 is 18.7. The van der Waals surface area contributed by atoms with Gasteiger partial charge in [0.2, 0.25) is 11.7 Å². The minimum Gasteiger partial charge on any atom is -0.338 e. The lowest BCUT2D eigenvalue weighted by atomic mass is 10.1. The van der Waals surface area contributed by atoms with Crippen LogP contribution < -0.4 is 5.73 Å². The summed E-state index contributed by atoms with van der Waals surface area (Å²) in [5.74, 6) is 0.723. The van der Waals surface area contributed by atoms with E-state index in [2.05, 4.69) is 10.1 Å². The molecule has 0 aliphatic heterocycles. The van der Waals surface area contributed by atoms with Crippen LogP contribution in [0.1, 0.15) is 23.8 Å². The molecule has 1 aromatic heterocycles. The van der Waals surface area contributed by atoms with Crippen molar-refractivity contribution in [3.63, 3.8) is 0 Å². The molecule has 2 unspecified atom stereocenters. The molecule has 19 heavy (non-hydrogen) atoms. The van der Waals surface area contributed by atoms with Crippen molar-refractivity contribution in [2.24, 2.45) is 5.73 Å². The molecule has 0 saturated heterocycles. The van der Waals surface area contributed by atoms with E-state index in [1.54, 1.807) is 19.1 Å². The molecule has 1 aliphatic carbocycles. The number of allylic oxidation sites excluding steroid dienone is 1. The molecule has 1 heterocycles. The van der Waals surface area contributed by atoms with Gasteiger partial charge in [0.15, 0.2) is 0 Å². The fraction of sp³-hybridized carbons (Fsp3) is 0.286. The Morgan fingerprint density at radius 2 is 2.21 bits per heavy atom. The summed E-state index contributed by atoms with van der Waals surface area (Å²) in [6.45, 7) is 1.71. The lowest BCUT2D eigenvalue weighted by molar-refractivity contribution is 0.365. The molecule has 1 aromatic carbocycles. The van der Waals surface area contributed by atoms with Gasteiger partial charge in [-0.2, -0.15) is 4.98 Å². The summed E-state index contributed by atoms with van der Waals surface area (Å²) >= 11 is 0. The van der Waals surface area contributed by atoms with E-state index in [1.807, 2.05) is 12.2 Å². The summed E-state index contributed by atoms with van der Waals surface area (Å²) in [5.41, 5.74) is 7.00. The minimum atomic E-state index is -0.272. The van der Waals surface area contributed by atoms with Gasteiger partial charge in [-0.25, -0.2) is 4.39 Å². The van der Waals surface area contributed by atoms with Crippen molar-refractivity contribution < 1.29 is 8.91 Å². The van der Waals surface area contributed by atoms with Gasteiger partial charge in [0.1, 0.15) is 5.82 Å². The number of rotatable bonds is 2. The third kappa shape index (κ3) is 2.29. The zero-order valence-electron chi connectivity index (χ0n) is 10.5. The van der Waals surface area contributed by atoms with Crippen molar-refractivity contribution >= 4 is 0 Å². The Bertz CT molecular complexity index is 635. The zero-order valence-corrected chi connectivity index (χ0v) is 10.5. The molecule has 3 rings (SSSR count). The highest BCUT2D eigenvalue weighted by atomic mass is 19.1. The molecule has 1 aliphatic rings. The smallest absolute Gasteiger partial charge is 0.233 e. The zero-order chi connectivity index (χ0) is 13.4. The number of nitrogens with zero attached hydrogens (tertiary/aromatic N) is 2. The standard InChI is InChI=1S/C14H14FN3O/c1-8-2-3-9(7-12(8)15)13-17-14(19-18-13)10-4-5-11(16)6-10/h2-5,7,10-11H,6,16H2,1H3. The minimum absolute atomic E-state index is 0.0390. The second-order valence-corrected chi connectivity index (χ2v) is 4.81. The molecule has 5 heteroatoms. The predicted octanol–water partition coefficient (Wildman–Crippen LogP) is 2.55. The predicted molar refractivity (Wildman–Crippen MR) is 68.9 cm³/mol. The second-order valence-electron chi connectivity index (χ2n) is 4.81. The molecule has 0 bridgehead atoms. The maximum Gasteiger partial charge on any atom is 0.233 e. The molecule has 0 fully saturated rings. The van der Waals surface area contributed by atoms with Crippen LogP contribution in [0.3, 0.4) is 0 Å². The van der Waals surface area contributed by atoms with Gasteiger partial charge in [-0.15, -0.1) is 0 Å². The Hall–Kier alpha value is -2.01. The highest BCUT2D eigenvalue weighted by Gasteiger charge is 2.23. The number of nitrogens with two attached hydrogens (primary N) is 1. The summed E-state index contributed by atoms with van der Waals surface area (Å²) in [4.78, 5) is 4.32. The van der Waals surface area contributed by atoms with Crippen molar-refractivity contribution in [1.82, 2.24) is 10.1 Å². The van der Waals surface area contributed by atoms with Crippen LogP contribution in [-0.4, -0.2) is 16.2 Å². The number of hydrogen-bond acceptors (Lipinski definition) is 4. The van der Waals surface area contributed by atoms with E-state index in [4.69, 9.17) is 10.3 Å². The van der Waals surface area contributed by atoms with E-state index in [0.29, 0.717) is 22.8 Å². The molecular weight excluding hydrogens is 245 g/mol. The topological polar surface area (TPSA) is 64.9 Å². The van der Waals surface area contributed by atoms with Crippen LogP contribution in [0.5, 0.6) is 0 Å². The average Bonchev–Trinajstić information content (AvgIpc) is 3.01. The monoisotopic (exact) mass is 259 g/mol.